The van der Waals surface area contributed by atoms with E-state index in [1.165, 1.54) is 11.1 Å². The molecule has 0 saturated carbocycles. The first-order valence-electron chi connectivity index (χ1n) is 9.59. The lowest BCUT2D eigenvalue weighted by Gasteiger charge is -2.29. The second-order valence-corrected chi connectivity index (χ2v) is 7.06. The highest BCUT2D eigenvalue weighted by Crippen LogP contribution is 2.14. The first-order valence-corrected chi connectivity index (χ1v) is 9.59. The molecule has 0 saturated heterocycles. The van der Waals surface area contributed by atoms with Crippen LogP contribution in [0.25, 0.3) is 0 Å². The van der Waals surface area contributed by atoms with Gasteiger partial charge in [-0.25, -0.2) is 0 Å². The maximum Gasteiger partial charge on any atom is 0.242 e. The number of nitrogens with one attached hydrogen (secondary N) is 1. The molecule has 0 aliphatic heterocycles. The number of rotatable bonds is 8. The van der Waals surface area contributed by atoms with Crippen molar-refractivity contribution >= 4 is 11.8 Å². The van der Waals surface area contributed by atoms with Crippen molar-refractivity contribution in [2.24, 2.45) is 0 Å². The van der Waals surface area contributed by atoms with E-state index in [1.807, 2.05) is 45.0 Å². The van der Waals surface area contributed by atoms with Gasteiger partial charge in [-0.05, 0) is 45.2 Å². The summed E-state index contributed by atoms with van der Waals surface area (Å²) in [5.41, 5.74) is 4.54. The van der Waals surface area contributed by atoms with E-state index in [-0.39, 0.29) is 11.8 Å². The first kappa shape index (κ1) is 20.7. The van der Waals surface area contributed by atoms with E-state index in [2.05, 4.69) is 29.6 Å². The molecule has 2 aromatic rings. The van der Waals surface area contributed by atoms with E-state index in [0.29, 0.717) is 25.9 Å². The molecule has 0 spiro atoms. The van der Waals surface area contributed by atoms with Crippen LogP contribution in [0, 0.1) is 13.8 Å². The van der Waals surface area contributed by atoms with Crippen molar-refractivity contribution in [3.8, 4) is 0 Å². The molecule has 27 heavy (non-hydrogen) atoms. The van der Waals surface area contributed by atoms with Gasteiger partial charge in [-0.3, -0.25) is 9.59 Å². The standard InChI is InChI=1S/C23H30N2O2/c1-5-24-23(27)19(4)25(16-21-12-8-18(3)9-13-21)22(26)15-14-20-10-6-17(2)7-11-20/h6-13,19H,5,14-16H2,1-4H3,(H,24,27). The Morgan fingerprint density at radius 1 is 0.926 bits per heavy atom. The lowest BCUT2D eigenvalue weighted by Crippen LogP contribution is -2.47. The number of hydrogen-bond donors (Lipinski definition) is 1. The Kier molecular flexibility index (Phi) is 7.59. The summed E-state index contributed by atoms with van der Waals surface area (Å²) in [6.45, 7) is 8.75. The Labute approximate surface area is 162 Å². The topological polar surface area (TPSA) is 49.4 Å². The van der Waals surface area contributed by atoms with Crippen molar-refractivity contribution in [3.63, 3.8) is 0 Å². The molecule has 0 aliphatic rings. The van der Waals surface area contributed by atoms with Crippen LogP contribution in [0.5, 0.6) is 0 Å². The number of carbonyl (C=O) groups excluding carboxylic acids is 2. The summed E-state index contributed by atoms with van der Waals surface area (Å²) in [5, 5.41) is 2.82. The van der Waals surface area contributed by atoms with E-state index in [4.69, 9.17) is 0 Å². The summed E-state index contributed by atoms with van der Waals surface area (Å²) in [4.78, 5) is 27.0. The molecular formula is C23H30N2O2. The molecule has 2 rings (SSSR count). The third kappa shape index (κ3) is 6.24. The molecule has 0 heterocycles. The fourth-order valence-electron chi connectivity index (χ4n) is 2.94. The first-order chi connectivity index (χ1) is 12.9. The van der Waals surface area contributed by atoms with E-state index >= 15 is 0 Å². The van der Waals surface area contributed by atoms with E-state index < -0.39 is 6.04 Å². The molecule has 1 unspecified atom stereocenters. The van der Waals surface area contributed by atoms with Gasteiger partial charge < -0.3 is 10.2 Å². The monoisotopic (exact) mass is 366 g/mol. The average Bonchev–Trinajstić information content (AvgIpc) is 2.66. The number of likely N-dealkylation sites (N-methyl/N-ethyl adjacent to an activating group) is 1. The molecule has 1 atom stereocenters. The number of aryl methyl sites for hydroxylation is 3. The molecule has 0 bridgehead atoms. The second-order valence-electron chi connectivity index (χ2n) is 7.06. The minimum atomic E-state index is -0.503. The summed E-state index contributed by atoms with van der Waals surface area (Å²) >= 11 is 0. The summed E-state index contributed by atoms with van der Waals surface area (Å²) in [5.74, 6) is -0.122. The third-order valence-corrected chi connectivity index (χ3v) is 4.74. The van der Waals surface area contributed by atoms with Crippen molar-refractivity contribution in [2.75, 3.05) is 6.54 Å². The van der Waals surface area contributed by atoms with E-state index in [1.54, 1.807) is 11.8 Å². The normalized spacial score (nSPS) is 11.7. The predicted octanol–water partition coefficient (Wildman–Crippen LogP) is 3.79. The zero-order chi connectivity index (χ0) is 19.8. The molecule has 0 aliphatic carbocycles. The fraction of sp³-hybridized carbons (Fsp3) is 0.391. The zero-order valence-corrected chi connectivity index (χ0v) is 16.8. The summed E-state index contributed by atoms with van der Waals surface area (Å²) in [6.07, 6.45) is 1.06. The van der Waals surface area contributed by atoms with Gasteiger partial charge in [-0.15, -0.1) is 0 Å². The quantitative estimate of drug-likeness (QED) is 0.773. The van der Waals surface area contributed by atoms with Gasteiger partial charge in [0.2, 0.25) is 11.8 Å². The summed E-state index contributed by atoms with van der Waals surface area (Å²) in [7, 11) is 0. The maximum absolute atomic E-state index is 13.0. The highest BCUT2D eigenvalue weighted by atomic mass is 16.2. The Hall–Kier alpha value is -2.62. The molecule has 144 valence electrons. The van der Waals surface area contributed by atoms with Gasteiger partial charge in [0.05, 0.1) is 0 Å². The zero-order valence-electron chi connectivity index (χ0n) is 16.8. The molecule has 2 aromatic carbocycles. The number of benzene rings is 2. The second kappa shape index (κ2) is 9.91. The van der Waals surface area contributed by atoms with E-state index in [0.717, 1.165) is 11.1 Å². The molecule has 1 N–H and O–H groups in total. The van der Waals surface area contributed by atoms with Crippen molar-refractivity contribution in [2.45, 2.75) is 53.1 Å². The Balaban J connectivity index is 2.11. The number of amides is 2. The van der Waals surface area contributed by atoms with Crippen LogP contribution in [0.2, 0.25) is 0 Å². The van der Waals surface area contributed by atoms with Crippen LogP contribution in [-0.4, -0.2) is 29.3 Å². The van der Waals surface area contributed by atoms with Crippen molar-refractivity contribution < 1.29 is 9.59 Å². The van der Waals surface area contributed by atoms with E-state index in [9.17, 15) is 9.59 Å². The van der Waals surface area contributed by atoms with Crippen LogP contribution < -0.4 is 5.32 Å². The highest BCUT2D eigenvalue weighted by Gasteiger charge is 2.25. The summed E-state index contributed by atoms with van der Waals surface area (Å²) < 4.78 is 0. The van der Waals surface area contributed by atoms with Gasteiger partial charge in [-0.1, -0.05) is 59.7 Å². The fourth-order valence-corrected chi connectivity index (χ4v) is 2.94. The molecule has 4 nitrogen and oxygen atoms in total. The Morgan fingerprint density at radius 3 is 1.96 bits per heavy atom. The van der Waals surface area contributed by atoms with Crippen molar-refractivity contribution in [1.29, 1.82) is 0 Å². The predicted molar refractivity (Wildman–Crippen MR) is 109 cm³/mol. The van der Waals surface area contributed by atoms with Gasteiger partial charge >= 0.3 is 0 Å². The van der Waals surface area contributed by atoms with Gasteiger partial charge in [0, 0.05) is 19.5 Å². The van der Waals surface area contributed by atoms with Crippen LogP contribution in [0.4, 0.5) is 0 Å². The number of nitrogens with zero attached hydrogens (tertiary/aromatic N) is 1. The van der Waals surface area contributed by atoms with Crippen LogP contribution in [0.1, 0.15) is 42.5 Å². The SMILES string of the molecule is CCNC(=O)C(C)N(Cc1ccc(C)cc1)C(=O)CCc1ccc(C)cc1. The van der Waals surface area contributed by atoms with Crippen LogP contribution in [-0.2, 0) is 22.6 Å². The molecule has 0 radical (unpaired) electrons. The smallest absolute Gasteiger partial charge is 0.242 e. The minimum absolute atomic E-state index is 0.00472. The van der Waals surface area contributed by atoms with Crippen molar-refractivity contribution in [3.05, 3.63) is 70.8 Å². The van der Waals surface area contributed by atoms with Crippen LogP contribution in [0.3, 0.4) is 0 Å². The highest BCUT2D eigenvalue weighted by molar-refractivity contribution is 5.87. The maximum atomic E-state index is 13.0. The molecule has 2 amide bonds. The Morgan fingerprint density at radius 2 is 1.44 bits per heavy atom. The van der Waals surface area contributed by atoms with Gasteiger partial charge in [0.1, 0.15) is 6.04 Å². The van der Waals surface area contributed by atoms with Gasteiger partial charge in [-0.2, -0.15) is 0 Å². The summed E-state index contributed by atoms with van der Waals surface area (Å²) in [6, 6.07) is 15.8. The van der Waals surface area contributed by atoms with Crippen molar-refractivity contribution in [1.82, 2.24) is 10.2 Å². The Bertz CT molecular complexity index is 751. The average molecular weight is 367 g/mol. The number of hydrogen-bond acceptors (Lipinski definition) is 2. The lowest BCUT2D eigenvalue weighted by atomic mass is 10.1. The number of carbonyl (C=O) groups is 2. The molecular weight excluding hydrogens is 336 g/mol. The lowest BCUT2D eigenvalue weighted by molar-refractivity contribution is -0.140. The molecule has 0 aromatic heterocycles. The minimum Gasteiger partial charge on any atom is -0.355 e. The molecule has 0 fully saturated rings. The third-order valence-electron chi connectivity index (χ3n) is 4.74. The largest absolute Gasteiger partial charge is 0.355 e. The van der Waals surface area contributed by atoms with Gasteiger partial charge in [0.15, 0.2) is 0 Å². The van der Waals surface area contributed by atoms with Crippen LogP contribution >= 0.6 is 0 Å². The van der Waals surface area contributed by atoms with Crippen LogP contribution in [0.15, 0.2) is 48.5 Å². The molecule has 4 heteroatoms. The van der Waals surface area contributed by atoms with Gasteiger partial charge in [0.25, 0.3) is 0 Å².